The van der Waals surface area contributed by atoms with E-state index in [9.17, 15) is 8.42 Å². The lowest BCUT2D eigenvalue weighted by Crippen LogP contribution is -2.40. The summed E-state index contributed by atoms with van der Waals surface area (Å²) in [6.07, 6.45) is 0.0627. The fourth-order valence-electron chi connectivity index (χ4n) is 2.62. The van der Waals surface area contributed by atoms with Crippen LogP contribution in [0.2, 0.25) is 0 Å². The van der Waals surface area contributed by atoms with Crippen LogP contribution in [0.1, 0.15) is 19.4 Å². The Morgan fingerprint density at radius 2 is 1.94 bits per heavy atom. The van der Waals surface area contributed by atoms with Crippen LogP contribution >= 0.6 is 0 Å². The Bertz CT molecular complexity index is 581. The van der Waals surface area contributed by atoms with Gasteiger partial charge in [-0.2, -0.15) is 4.31 Å². The highest BCUT2D eigenvalue weighted by Crippen LogP contribution is 2.49. The molecule has 2 fully saturated rings. The van der Waals surface area contributed by atoms with Crippen molar-refractivity contribution >= 4 is 10.0 Å². The van der Waals surface area contributed by atoms with Crippen molar-refractivity contribution in [1.82, 2.24) is 4.31 Å². The number of nitrogens with zero attached hydrogens (tertiary/aromatic N) is 1. The van der Waals surface area contributed by atoms with Gasteiger partial charge in [0.05, 0.1) is 10.9 Å². The maximum absolute atomic E-state index is 12.5. The predicted molar refractivity (Wildman–Crippen MR) is 67.8 cm³/mol. The third kappa shape index (κ3) is 1.54. The quantitative estimate of drug-likeness (QED) is 0.764. The zero-order valence-electron chi connectivity index (χ0n) is 10.8. The number of benzene rings is 1. The number of hydrogen-bond acceptors (Lipinski definition) is 3. The van der Waals surface area contributed by atoms with Crippen molar-refractivity contribution in [2.45, 2.75) is 43.4 Å². The van der Waals surface area contributed by atoms with E-state index in [1.54, 1.807) is 16.4 Å². The highest BCUT2D eigenvalue weighted by molar-refractivity contribution is 7.89. The second-order valence-electron chi connectivity index (χ2n) is 5.35. The van der Waals surface area contributed by atoms with Crippen LogP contribution in [-0.4, -0.2) is 37.0 Å². The van der Waals surface area contributed by atoms with E-state index in [-0.39, 0.29) is 17.7 Å². The number of sulfonamides is 1. The summed E-state index contributed by atoms with van der Waals surface area (Å²) >= 11 is 0. The van der Waals surface area contributed by atoms with Crippen molar-refractivity contribution in [2.24, 2.45) is 0 Å². The van der Waals surface area contributed by atoms with E-state index in [1.807, 2.05) is 32.9 Å². The molecule has 4 nitrogen and oxygen atoms in total. The number of aryl methyl sites for hydroxylation is 1. The molecule has 0 saturated carbocycles. The molecule has 2 aliphatic heterocycles. The first-order chi connectivity index (χ1) is 8.35. The lowest BCUT2D eigenvalue weighted by atomic mass is 10.1. The fraction of sp³-hybridized carbons (Fsp3) is 0.538. The van der Waals surface area contributed by atoms with Crippen LogP contribution in [0.25, 0.3) is 0 Å². The van der Waals surface area contributed by atoms with Crippen LogP contribution in [0.3, 0.4) is 0 Å². The summed E-state index contributed by atoms with van der Waals surface area (Å²) in [6, 6.07) is 6.89. The van der Waals surface area contributed by atoms with Gasteiger partial charge < -0.3 is 4.74 Å². The first-order valence-electron chi connectivity index (χ1n) is 6.12. The lowest BCUT2D eigenvalue weighted by molar-refractivity contribution is 0.176. The van der Waals surface area contributed by atoms with E-state index in [4.69, 9.17) is 4.74 Å². The lowest BCUT2D eigenvalue weighted by Gasteiger charge is -2.25. The molecule has 3 rings (SSSR count). The van der Waals surface area contributed by atoms with Crippen molar-refractivity contribution in [1.29, 1.82) is 0 Å². The zero-order chi connectivity index (χ0) is 13.1. The zero-order valence-corrected chi connectivity index (χ0v) is 11.6. The van der Waals surface area contributed by atoms with Gasteiger partial charge in [0.2, 0.25) is 10.0 Å². The molecule has 2 heterocycles. The minimum absolute atomic E-state index is 0.0627. The Kier molecular flexibility index (Phi) is 2.40. The van der Waals surface area contributed by atoms with Crippen LogP contribution in [0.15, 0.2) is 29.2 Å². The maximum atomic E-state index is 12.5. The van der Waals surface area contributed by atoms with Gasteiger partial charge in [0.25, 0.3) is 0 Å². The molecular weight excluding hydrogens is 250 g/mol. The largest absolute Gasteiger partial charge is 0.363 e. The number of hydrogen-bond donors (Lipinski definition) is 0. The SMILES string of the molecule is Cc1ccc(S(=O)(=O)N2C[C@H]3O[C@@]3(C)[C@H]2C)cc1. The maximum Gasteiger partial charge on any atom is 0.243 e. The number of fused-ring (bicyclic) bond motifs is 1. The van der Waals surface area contributed by atoms with Gasteiger partial charge in [0, 0.05) is 6.54 Å². The molecule has 0 spiro atoms. The number of rotatable bonds is 2. The van der Waals surface area contributed by atoms with E-state index >= 15 is 0 Å². The van der Waals surface area contributed by atoms with Crippen LogP contribution in [0.5, 0.6) is 0 Å². The van der Waals surface area contributed by atoms with Gasteiger partial charge in [-0.25, -0.2) is 8.42 Å². The van der Waals surface area contributed by atoms with Gasteiger partial charge in [-0.05, 0) is 32.9 Å². The van der Waals surface area contributed by atoms with Crippen LogP contribution in [0.4, 0.5) is 0 Å². The molecule has 0 amide bonds. The minimum Gasteiger partial charge on any atom is -0.363 e. The molecule has 0 bridgehead atoms. The summed E-state index contributed by atoms with van der Waals surface area (Å²) < 4.78 is 32.2. The number of morpholine rings is 1. The van der Waals surface area contributed by atoms with Gasteiger partial charge in [-0.1, -0.05) is 17.7 Å². The van der Waals surface area contributed by atoms with Crippen LogP contribution < -0.4 is 0 Å². The Hall–Kier alpha value is -0.910. The third-order valence-electron chi connectivity index (χ3n) is 4.21. The standard InChI is InChI=1S/C13H17NO3S/c1-9-4-6-11(7-5-9)18(15,16)14-8-12-13(3,17-12)10(14)2/h4-7,10,12H,8H2,1-3H3/t10-,12-,13+/m1/s1. The number of epoxide rings is 1. The normalized spacial score (nSPS) is 35.5. The molecule has 2 aliphatic rings. The third-order valence-corrected chi connectivity index (χ3v) is 6.16. The minimum atomic E-state index is -3.39. The molecule has 0 N–H and O–H groups in total. The summed E-state index contributed by atoms with van der Waals surface area (Å²) in [5, 5.41) is 0. The molecular formula is C13H17NO3S. The fourth-order valence-corrected chi connectivity index (χ4v) is 4.33. The van der Waals surface area contributed by atoms with Gasteiger partial charge in [-0.15, -0.1) is 0 Å². The molecule has 5 heteroatoms. The molecule has 1 aromatic carbocycles. The van der Waals surface area contributed by atoms with Crippen molar-refractivity contribution in [3.05, 3.63) is 29.8 Å². The molecule has 3 atom stereocenters. The molecule has 2 saturated heterocycles. The van der Waals surface area contributed by atoms with Crippen molar-refractivity contribution in [3.63, 3.8) is 0 Å². The Morgan fingerprint density at radius 1 is 1.33 bits per heavy atom. The highest BCUT2D eigenvalue weighted by Gasteiger charge is 2.65. The van der Waals surface area contributed by atoms with Crippen molar-refractivity contribution in [2.75, 3.05) is 6.54 Å². The second-order valence-corrected chi connectivity index (χ2v) is 7.24. The van der Waals surface area contributed by atoms with Gasteiger partial charge in [-0.3, -0.25) is 0 Å². The molecule has 0 aromatic heterocycles. The first kappa shape index (κ1) is 12.1. The van der Waals surface area contributed by atoms with E-state index in [0.29, 0.717) is 11.4 Å². The van der Waals surface area contributed by atoms with E-state index < -0.39 is 10.0 Å². The smallest absolute Gasteiger partial charge is 0.243 e. The number of ether oxygens (including phenoxy) is 1. The summed E-state index contributed by atoms with van der Waals surface area (Å²) in [6.45, 7) is 6.30. The second kappa shape index (κ2) is 3.56. The van der Waals surface area contributed by atoms with Gasteiger partial charge in [0.15, 0.2) is 0 Å². The van der Waals surface area contributed by atoms with Crippen molar-refractivity contribution in [3.8, 4) is 0 Å². The Balaban J connectivity index is 1.94. The van der Waals surface area contributed by atoms with Crippen LogP contribution in [-0.2, 0) is 14.8 Å². The summed E-state index contributed by atoms with van der Waals surface area (Å²) in [7, 11) is -3.39. The Morgan fingerprint density at radius 3 is 2.44 bits per heavy atom. The topological polar surface area (TPSA) is 49.9 Å². The van der Waals surface area contributed by atoms with E-state index in [2.05, 4.69) is 0 Å². The van der Waals surface area contributed by atoms with Gasteiger partial charge >= 0.3 is 0 Å². The summed E-state index contributed by atoms with van der Waals surface area (Å²) in [5.74, 6) is 0. The average molecular weight is 267 g/mol. The first-order valence-corrected chi connectivity index (χ1v) is 7.56. The monoisotopic (exact) mass is 267 g/mol. The predicted octanol–water partition coefficient (Wildman–Crippen LogP) is 1.55. The molecule has 0 aliphatic carbocycles. The Labute approximate surface area is 108 Å². The molecule has 98 valence electrons. The summed E-state index contributed by atoms with van der Waals surface area (Å²) in [5.41, 5.74) is 0.777. The molecule has 1 aromatic rings. The van der Waals surface area contributed by atoms with E-state index in [1.165, 1.54) is 0 Å². The van der Waals surface area contributed by atoms with Crippen LogP contribution in [0, 0.1) is 6.92 Å². The molecule has 0 unspecified atom stereocenters. The average Bonchev–Trinajstić information content (AvgIpc) is 2.91. The summed E-state index contributed by atoms with van der Waals surface area (Å²) in [4.78, 5) is 0.366. The van der Waals surface area contributed by atoms with Crippen molar-refractivity contribution < 1.29 is 13.2 Å². The van der Waals surface area contributed by atoms with E-state index in [0.717, 1.165) is 5.56 Å². The van der Waals surface area contributed by atoms with Gasteiger partial charge in [0.1, 0.15) is 11.7 Å². The molecule has 18 heavy (non-hydrogen) atoms. The molecule has 0 radical (unpaired) electrons. The highest BCUT2D eigenvalue weighted by atomic mass is 32.2.